The molecule has 0 aromatic carbocycles. The lowest BCUT2D eigenvalue weighted by Gasteiger charge is -2.39. The number of rotatable bonds is 5. The molecule has 0 bridgehead atoms. The molecule has 1 aliphatic rings. The van der Waals surface area contributed by atoms with Crippen LogP contribution in [-0.2, 0) is 6.54 Å². The van der Waals surface area contributed by atoms with Crippen LogP contribution in [0.2, 0.25) is 0 Å². The van der Waals surface area contributed by atoms with E-state index >= 15 is 0 Å². The summed E-state index contributed by atoms with van der Waals surface area (Å²) < 4.78 is 41.3. The van der Waals surface area contributed by atoms with Gasteiger partial charge in [0, 0.05) is 23.8 Å². The van der Waals surface area contributed by atoms with E-state index in [1.54, 1.807) is 17.3 Å². The van der Waals surface area contributed by atoms with Crippen molar-refractivity contribution in [3.63, 3.8) is 0 Å². The van der Waals surface area contributed by atoms with Crippen molar-refractivity contribution in [3.8, 4) is 10.7 Å². The molecule has 3 nitrogen and oxygen atoms in total. The molecule has 2 aromatic rings. The van der Waals surface area contributed by atoms with E-state index in [-0.39, 0.29) is 12.8 Å². The van der Waals surface area contributed by atoms with E-state index < -0.39 is 11.7 Å². The average Bonchev–Trinajstić information content (AvgIpc) is 3.17. The van der Waals surface area contributed by atoms with Crippen LogP contribution in [0.1, 0.15) is 37.5 Å². The molecule has 3 rings (SSSR count). The zero-order chi connectivity index (χ0) is 17.2. The van der Waals surface area contributed by atoms with E-state index in [4.69, 9.17) is 0 Å². The molecule has 130 valence electrons. The molecule has 1 aliphatic heterocycles. The quantitative estimate of drug-likeness (QED) is 0.764. The molecule has 1 atom stereocenters. The first-order valence-corrected chi connectivity index (χ1v) is 8.96. The summed E-state index contributed by atoms with van der Waals surface area (Å²) >= 11 is 1.42. The zero-order valence-electron chi connectivity index (χ0n) is 13.5. The number of hydrogen-bond acceptors (Lipinski definition) is 4. The number of nitrogens with zero attached hydrogens (tertiary/aromatic N) is 3. The van der Waals surface area contributed by atoms with Gasteiger partial charge in [0.15, 0.2) is 0 Å². The van der Waals surface area contributed by atoms with Crippen molar-refractivity contribution in [3.05, 3.63) is 35.5 Å². The van der Waals surface area contributed by atoms with Gasteiger partial charge in [0.05, 0.1) is 5.69 Å². The minimum Gasteiger partial charge on any atom is -0.285 e. The first-order chi connectivity index (χ1) is 11.5. The second-order valence-corrected chi connectivity index (χ2v) is 7.27. The molecule has 0 amide bonds. The molecule has 0 spiro atoms. The first-order valence-electron chi connectivity index (χ1n) is 8.14. The molecule has 0 unspecified atom stereocenters. The van der Waals surface area contributed by atoms with Gasteiger partial charge in [-0.25, -0.2) is 4.98 Å². The molecular formula is C17H20F3N3S. The third-order valence-electron chi connectivity index (χ3n) is 4.60. The van der Waals surface area contributed by atoms with E-state index in [1.807, 2.05) is 25.1 Å². The Hall–Kier alpha value is -1.47. The molecule has 0 aliphatic carbocycles. The smallest absolute Gasteiger partial charge is 0.285 e. The van der Waals surface area contributed by atoms with Gasteiger partial charge >= 0.3 is 6.18 Å². The van der Waals surface area contributed by atoms with Crippen molar-refractivity contribution in [2.75, 3.05) is 6.54 Å². The highest BCUT2D eigenvalue weighted by molar-refractivity contribution is 7.14. The summed E-state index contributed by atoms with van der Waals surface area (Å²) in [5.41, 5.74) is -0.928. The van der Waals surface area contributed by atoms with Gasteiger partial charge in [-0.1, -0.05) is 19.4 Å². The van der Waals surface area contributed by atoms with E-state index in [1.165, 1.54) is 11.3 Å². The number of alkyl halides is 3. The standard InChI is InChI=1S/C17H20F3N3S/c1-2-7-16(17(18,19)20)8-5-10-23(16)12-13-11-22-15(24-13)14-6-3-4-9-21-14/h3-4,6,9,11H,2,5,7-8,10,12H2,1H3/t16-/m1/s1. The Balaban J connectivity index is 1.81. The summed E-state index contributed by atoms with van der Waals surface area (Å²) in [5, 5.41) is 0.748. The van der Waals surface area contributed by atoms with Crippen molar-refractivity contribution in [1.82, 2.24) is 14.9 Å². The van der Waals surface area contributed by atoms with Crippen LogP contribution in [-0.4, -0.2) is 33.1 Å². The second kappa shape index (κ2) is 6.80. The maximum atomic E-state index is 13.8. The third-order valence-corrected chi connectivity index (χ3v) is 5.60. The monoisotopic (exact) mass is 355 g/mol. The first kappa shape index (κ1) is 17.4. The normalized spacial score (nSPS) is 22.2. The molecule has 1 fully saturated rings. The minimum absolute atomic E-state index is 0.155. The van der Waals surface area contributed by atoms with Crippen LogP contribution in [0, 0.1) is 0 Å². The molecule has 1 saturated heterocycles. The Morgan fingerprint density at radius 1 is 1.29 bits per heavy atom. The highest BCUT2D eigenvalue weighted by Gasteiger charge is 2.59. The summed E-state index contributed by atoms with van der Waals surface area (Å²) in [4.78, 5) is 11.0. The predicted molar refractivity (Wildman–Crippen MR) is 88.7 cm³/mol. The van der Waals surface area contributed by atoms with Gasteiger partial charge in [-0.05, 0) is 37.9 Å². The van der Waals surface area contributed by atoms with Crippen molar-refractivity contribution < 1.29 is 13.2 Å². The van der Waals surface area contributed by atoms with Crippen molar-refractivity contribution >= 4 is 11.3 Å². The number of likely N-dealkylation sites (tertiary alicyclic amines) is 1. The summed E-state index contributed by atoms with van der Waals surface area (Å²) in [6, 6.07) is 5.56. The maximum Gasteiger partial charge on any atom is 0.406 e. The van der Waals surface area contributed by atoms with Crippen LogP contribution in [0.15, 0.2) is 30.6 Å². The fourth-order valence-electron chi connectivity index (χ4n) is 3.50. The Kier molecular flexibility index (Phi) is 4.92. The Morgan fingerprint density at radius 3 is 2.79 bits per heavy atom. The van der Waals surface area contributed by atoms with Gasteiger partial charge < -0.3 is 0 Å². The van der Waals surface area contributed by atoms with Crippen molar-refractivity contribution in [1.29, 1.82) is 0 Å². The van der Waals surface area contributed by atoms with Gasteiger partial charge in [0.1, 0.15) is 10.5 Å². The van der Waals surface area contributed by atoms with Crippen molar-refractivity contribution in [2.45, 2.75) is 50.9 Å². The molecule has 0 saturated carbocycles. The highest BCUT2D eigenvalue weighted by Crippen LogP contribution is 2.47. The Bertz CT molecular complexity index is 671. The molecular weight excluding hydrogens is 335 g/mol. The van der Waals surface area contributed by atoms with E-state index in [0.29, 0.717) is 25.9 Å². The van der Waals surface area contributed by atoms with Crippen LogP contribution in [0.4, 0.5) is 13.2 Å². The van der Waals surface area contributed by atoms with Gasteiger partial charge in [-0.15, -0.1) is 11.3 Å². The lowest BCUT2D eigenvalue weighted by atomic mass is 9.89. The van der Waals surface area contributed by atoms with E-state index in [9.17, 15) is 13.2 Å². The van der Waals surface area contributed by atoms with E-state index in [2.05, 4.69) is 9.97 Å². The lowest BCUT2D eigenvalue weighted by molar-refractivity contribution is -0.227. The third kappa shape index (κ3) is 3.19. The Morgan fingerprint density at radius 2 is 2.12 bits per heavy atom. The van der Waals surface area contributed by atoms with Crippen LogP contribution in [0.3, 0.4) is 0 Å². The maximum absolute atomic E-state index is 13.8. The van der Waals surface area contributed by atoms with Crippen molar-refractivity contribution in [2.24, 2.45) is 0 Å². The summed E-state index contributed by atoms with van der Waals surface area (Å²) in [6.45, 7) is 2.59. The minimum atomic E-state index is -4.20. The van der Waals surface area contributed by atoms with Crippen LogP contribution in [0.5, 0.6) is 0 Å². The number of hydrogen-bond donors (Lipinski definition) is 0. The lowest BCUT2D eigenvalue weighted by Crippen LogP contribution is -2.54. The molecule has 7 heteroatoms. The van der Waals surface area contributed by atoms with Gasteiger partial charge in [0.2, 0.25) is 0 Å². The van der Waals surface area contributed by atoms with E-state index in [0.717, 1.165) is 15.6 Å². The number of thiazole rings is 1. The molecule has 24 heavy (non-hydrogen) atoms. The number of aromatic nitrogens is 2. The highest BCUT2D eigenvalue weighted by atomic mass is 32.1. The van der Waals surface area contributed by atoms with Crippen LogP contribution < -0.4 is 0 Å². The largest absolute Gasteiger partial charge is 0.406 e. The zero-order valence-corrected chi connectivity index (χ0v) is 14.3. The van der Waals surface area contributed by atoms with Gasteiger partial charge in [-0.2, -0.15) is 13.2 Å². The Labute approximate surface area is 143 Å². The molecule has 0 N–H and O–H groups in total. The molecule has 2 aromatic heterocycles. The van der Waals surface area contributed by atoms with Gasteiger partial charge in [-0.3, -0.25) is 9.88 Å². The van der Waals surface area contributed by atoms with Crippen LogP contribution in [0.25, 0.3) is 10.7 Å². The van der Waals surface area contributed by atoms with Crippen LogP contribution >= 0.6 is 11.3 Å². The SMILES string of the molecule is CCC[C@]1(C(F)(F)F)CCCN1Cc1cnc(-c2ccccn2)s1. The number of pyridine rings is 1. The van der Waals surface area contributed by atoms with Gasteiger partial charge in [0.25, 0.3) is 0 Å². The second-order valence-electron chi connectivity index (χ2n) is 6.15. The summed E-state index contributed by atoms with van der Waals surface area (Å²) in [6.07, 6.45) is 0.628. The molecule has 0 radical (unpaired) electrons. The topological polar surface area (TPSA) is 29.0 Å². The molecule has 3 heterocycles. The summed E-state index contributed by atoms with van der Waals surface area (Å²) in [5.74, 6) is 0. The number of halogens is 3. The fourth-order valence-corrected chi connectivity index (χ4v) is 4.41. The fraction of sp³-hybridized carbons (Fsp3) is 0.529. The average molecular weight is 355 g/mol. The summed E-state index contributed by atoms with van der Waals surface area (Å²) in [7, 11) is 0. The predicted octanol–water partition coefficient (Wildman–Crippen LogP) is 4.90.